The summed E-state index contributed by atoms with van der Waals surface area (Å²) in [6.45, 7) is 4.28. The highest BCUT2D eigenvalue weighted by Gasteiger charge is 2.11. The second kappa shape index (κ2) is 7.41. The van der Waals surface area contributed by atoms with Crippen LogP contribution in [0.4, 0.5) is 5.69 Å². The van der Waals surface area contributed by atoms with Crippen molar-refractivity contribution < 1.29 is 14.3 Å². The predicted molar refractivity (Wildman–Crippen MR) is 74.2 cm³/mol. The van der Waals surface area contributed by atoms with E-state index in [1.54, 1.807) is 12.1 Å². The third-order valence-electron chi connectivity index (χ3n) is 2.46. The minimum atomic E-state index is -0.339. The average molecular weight is 264 g/mol. The molecule has 0 aromatic heterocycles. The molecule has 1 aromatic carbocycles. The van der Waals surface area contributed by atoms with Gasteiger partial charge in [0, 0.05) is 18.3 Å². The number of benzene rings is 1. The first-order valence-electron chi connectivity index (χ1n) is 6.25. The van der Waals surface area contributed by atoms with Crippen LogP contribution in [-0.2, 0) is 9.53 Å². The summed E-state index contributed by atoms with van der Waals surface area (Å²) in [7, 11) is 1.33. The fourth-order valence-corrected chi connectivity index (χ4v) is 1.59. The van der Waals surface area contributed by atoms with Crippen LogP contribution < -0.4 is 10.6 Å². The summed E-state index contributed by atoms with van der Waals surface area (Å²) in [5.41, 5.74) is 1.36. The van der Waals surface area contributed by atoms with Gasteiger partial charge in [0.15, 0.2) is 0 Å². The summed E-state index contributed by atoms with van der Waals surface area (Å²) in [5, 5.41) is 5.91. The van der Waals surface area contributed by atoms with E-state index < -0.39 is 0 Å². The van der Waals surface area contributed by atoms with Crippen LogP contribution in [0.2, 0.25) is 0 Å². The molecule has 0 unspecified atom stereocenters. The number of esters is 1. The van der Waals surface area contributed by atoms with Crippen molar-refractivity contribution in [2.75, 3.05) is 19.0 Å². The fraction of sp³-hybridized carbons (Fsp3) is 0.429. The standard InChI is InChI=1S/C14H20N2O3/c1-10(2)16-12-7-5-4-6-11(12)14(18)15-9-8-13(17)19-3/h4-7,10,16H,8-9H2,1-3H3,(H,15,18). The van der Waals surface area contributed by atoms with Crippen LogP contribution in [0.5, 0.6) is 0 Å². The molecule has 0 spiro atoms. The zero-order valence-electron chi connectivity index (χ0n) is 11.5. The maximum atomic E-state index is 12.0. The zero-order chi connectivity index (χ0) is 14.3. The van der Waals surface area contributed by atoms with Gasteiger partial charge < -0.3 is 15.4 Å². The Bertz CT molecular complexity index is 444. The number of anilines is 1. The van der Waals surface area contributed by atoms with Gasteiger partial charge in [0.2, 0.25) is 0 Å². The van der Waals surface area contributed by atoms with Crippen molar-refractivity contribution in [3.8, 4) is 0 Å². The number of carbonyl (C=O) groups is 2. The number of rotatable bonds is 6. The van der Waals surface area contributed by atoms with Gasteiger partial charge in [-0.15, -0.1) is 0 Å². The molecule has 0 bridgehead atoms. The lowest BCUT2D eigenvalue weighted by molar-refractivity contribution is -0.140. The fourth-order valence-electron chi connectivity index (χ4n) is 1.59. The highest BCUT2D eigenvalue weighted by atomic mass is 16.5. The topological polar surface area (TPSA) is 67.4 Å². The molecule has 5 nitrogen and oxygen atoms in total. The smallest absolute Gasteiger partial charge is 0.307 e. The Morgan fingerprint density at radius 2 is 1.95 bits per heavy atom. The number of hydrogen-bond donors (Lipinski definition) is 2. The third kappa shape index (κ3) is 4.99. The van der Waals surface area contributed by atoms with E-state index in [1.807, 2.05) is 26.0 Å². The van der Waals surface area contributed by atoms with Crippen LogP contribution in [-0.4, -0.2) is 31.6 Å². The third-order valence-corrected chi connectivity index (χ3v) is 2.46. The van der Waals surface area contributed by atoms with E-state index in [-0.39, 0.29) is 30.9 Å². The van der Waals surface area contributed by atoms with E-state index in [1.165, 1.54) is 7.11 Å². The van der Waals surface area contributed by atoms with Crippen LogP contribution in [0, 0.1) is 0 Å². The van der Waals surface area contributed by atoms with E-state index in [2.05, 4.69) is 15.4 Å². The Hall–Kier alpha value is -2.04. The van der Waals surface area contributed by atoms with E-state index in [9.17, 15) is 9.59 Å². The molecule has 0 radical (unpaired) electrons. The van der Waals surface area contributed by atoms with Crippen LogP contribution in [0.3, 0.4) is 0 Å². The summed E-state index contributed by atoms with van der Waals surface area (Å²) in [5.74, 6) is -0.540. The number of hydrogen-bond acceptors (Lipinski definition) is 4. The molecule has 0 aliphatic carbocycles. The molecular weight excluding hydrogens is 244 g/mol. The largest absolute Gasteiger partial charge is 0.469 e. The van der Waals surface area contributed by atoms with E-state index in [4.69, 9.17) is 0 Å². The Morgan fingerprint density at radius 1 is 1.26 bits per heavy atom. The number of nitrogens with one attached hydrogen (secondary N) is 2. The monoisotopic (exact) mass is 264 g/mol. The van der Waals surface area contributed by atoms with Gasteiger partial charge in [-0.3, -0.25) is 9.59 Å². The Kier molecular flexibility index (Phi) is 5.85. The van der Waals surface area contributed by atoms with E-state index in [0.29, 0.717) is 5.56 Å². The van der Waals surface area contributed by atoms with Crippen molar-refractivity contribution in [3.63, 3.8) is 0 Å². The minimum Gasteiger partial charge on any atom is -0.469 e. The molecule has 1 aromatic rings. The summed E-state index contributed by atoms with van der Waals surface area (Å²) in [6.07, 6.45) is 0.169. The Morgan fingerprint density at radius 3 is 2.58 bits per heavy atom. The lowest BCUT2D eigenvalue weighted by Gasteiger charge is -2.14. The first-order valence-corrected chi connectivity index (χ1v) is 6.25. The van der Waals surface area contributed by atoms with Crippen molar-refractivity contribution in [1.29, 1.82) is 0 Å². The second-order valence-corrected chi connectivity index (χ2v) is 4.43. The zero-order valence-corrected chi connectivity index (χ0v) is 11.5. The lowest BCUT2D eigenvalue weighted by atomic mass is 10.1. The second-order valence-electron chi connectivity index (χ2n) is 4.43. The molecule has 5 heteroatoms. The van der Waals surface area contributed by atoms with Crippen LogP contribution in [0.25, 0.3) is 0 Å². The van der Waals surface area contributed by atoms with Gasteiger partial charge in [-0.05, 0) is 26.0 Å². The van der Waals surface area contributed by atoms with Crippen molar-refractivity contribution in [2.24, 2.45) is 0 Å². The van der Waals surface area contributed by atoms with Gasteiger partial charge in [0.05, 0.1) is 19.1 Å². The number of carbonyl (C=O) groups excluding carboxylic acids is 2. The number of ether oxygens (including phenoxy) is 1. The first-order chi connectivity index (χ1) is 9.04. The molecule has 1 amide bonds. The van der Waals surface area contributed by atoms with Gasteiger partial charge in [0.1, 0.15) is 0 Å². The lowest BCUT2D eigenvalue weighted by Crippen LogP contribution is -2.27. The minimum absolute atomic E-state index is 0.169. The molecule has 1 rings (SSSR count). The Labute approximate surface area is 113 Å². The summed E-state index contributed by atoms with van der Waals surface area (Å²) in [4.78, 5) is 23.0. The van der Waals surface area contributed by atoms with Gasteiger partial charge in [-0.1, -0.05) is 12.1 Å². The molecule has 104 valence electrons. The van der Waals surface area contributed by atoms with Gasteiger partial charge in [-0.2, -0.15) is 0 Å². The maximum absolute atomic E-state index is 12.0. The first kappa shape index (κ1) is 15.0. The van der Waals surface area contributed by atoms with Crippen LogP contribution in [0.15, 0.2) is 24.3 Å². The van der Waals surface area contributed by atoms with E-state index >= 15 is 0 Å². The van der Waals surface area contributed by atoms with Crippen molar-refractivity contribution in [2.45, 2.75) is 26.3 Å². The normalized spacial score (nSPS) is 10.1. The molecule has 0 saturated heterocycles. The Balaban J connectivity index is 2.63. The predicted octanol–water partition coefficient (Wildman–Crippen LogP) is 1.80. The molecule has 2 N–H and O–H groups in total. The van der Waals surface area contributed by atoms with Gasteiger partial charge in [-0.25, -0.2) is 0 Å². The van der Waals surface area contributed by atoms with E-state index in [0.717, 1.165) is 5.69 Å². The molecule has 0 aliphatic heterocycles. The molecule has 19 heavy (non-hydrogen) atoms. The summed E-state index contributed by atoms with van der Waals surface area (Å²) >= 11 is 0. The SMILES string of the molecule is COC(=O)CCNC(=O)c1ccccc1NC(C)C. The molecule has 0 aliphatic rings. The number of methoxy groups -OCH3 is 1. The van der Waals surface area contributed by atoms with Crippen LogP contribution >= 0.6 is 0 Å². The highest BCUT2D eigenvalue weighted by Crippen LogP contribution is 2.15. The van der Waals surface area contributed by atoms with Gasteiger partial charge in [0.25, 0.3) is 5.91 Å². The van der Waals surface area contributed by atoms with Crippen molar-refractivity contribution in [1.82, 2.24) is 5.32 Å². The van der Waals surface area contributed by atoms with Gasteiger partial charge >= 0.3 is 5.97 Å². The number of para-hydroxylation sites is 1. The molecule has 0 atom stereocenters. The maximum Gasteiger partial charge on any atom is 0.307 e. The molecule has 0 heterocycles. The summed E-state index contributed by atoms with van der Waals surface area (Å²) in [6, 6.07) is 7.52. The summed E-state index contributed by atoms with van der Waals surface area (Å²) < 4.78 is 4.51. The van der Waals surface area contributed by atoms with Crippen molar-refractivity contribution >= 4 is 17.6 Å². The molecule has 0 saturated carbocycles. The molecular formula is C14H20N2O3. The highest BCUT2D eigenvalue weighted by molar-refractivity contribution is 5.99. The molecule has 0 fully saturated rings. The quantitative estimate of drug-likeness (QED) is 0.769. The van der Waals surface area contributed by atoms with Crippen LogP contribution in [0.1, 0.15) is 30.6 Å². The average Bonchev–Trinajstić information content (AvgIpc) is 2.38. The van der Waals surface area contributed by atoms with Crippen molar-refractivity contribution in [3.05, 3.63) is 29.8 Å². The number of amides is 1.